The normalized spacial score (nSPS) is 13.1. The highest BCUT2D eigenvalue weighted by molar-refractivity contribution is 6.30. The summed E-state index contributed by atoms with van der Waals surface area (Å²) in [5.74, 6) is 0.860. The lowest BCUT2D eigenvalue weighted by molar-refractivity contribution is -0.114. The summed E-state index contributed by atoms with van der Waals surface area (Å²) in [5, 5.41) is 0.661. The predicted molar refractivity (Wildman–Crippen MR) is 64.2 cm³/mol. The van der Waals surface area contributed by atoms with Gasteiger partial charge in [0.05, 0.1) is 6.61 Å². The minimum absolute atomic E-state index is 0.0277. The second-order valence-electron chi connectivity index (χ2n) is 4.03. The Labute approximate surface area is 99.9 Å². The van der Waals surface area contributed by atoms with Gasteiger partial charge in [-0.3, -0.25) is 4.79 Å². The largest absolute Gasteiger partial charge is 0.493 e. The summed E-state index contributed by atoms with van der Waals surface area (Å²) in [6.45, 7) is 6.03. The van der Waals surface area contributed by atoms with Gasteiger partial charge in [0.1, 0.15) is 5.75 Å². The van der Waals surface area contributed by atoms with Gasteiger partial charge in [-0.15, -0.1) is 0 Å². The highest BCUT2D eigenvalue weighted by atomic mass is 35.5. The van der Waals surface area contributed by atoms with Crippen molar-refractivity contribution in [3.05, 3.63) is 40.4 Å². The van der Waals surface area contributed by atoms with Crippen LogP contribution in [0, 0.1) is 0 Å². The van der Waals surface area contributed by atoms with Crippen molar-refractivity contribution in [2.24, 2.45) is 0 Å². The maximum atomic E-state index is 11.6. The standard InChI is InChI=1S/C13H13ClO2/c1-8(2)12(15)7-10-6-11(14)5-9-3-4-16-13(9)10/h5-6H,1,3-4,7H2,2H3. The molecule has 0 atom stereocenters. The van der Waals surface area contributed by atoms with Crippen molar-refractivity contribution in [3.8, 4) is 5.75 Å². The lowest BCUT2D eigenvalue weighted by Gasteiger charge is -2.08. The van der Waals surface area contributed by atoms with Gasteiger partial charge in [-0.2, -0.15) is 0 Å². The average Bonchev–Trinajstić information content (AvgIpc) is 2.65. The summed E-state index contributed by atoms with van der Waals surface area (Å²) < 4.78 is 5.52. The molecule has 0 N–H and O–H groups in total. The second kappa shape index (κ2) is 4.30. The molecule has 2 nitrogen and oxygen atoms in total. The molecule has 0 spiro atoms. The first kappa shape index (κ1) is 11.2. The zero-order valence-corrected chi connectivity index (χ0v) is 9.93. The van der Waals surface area contributed by atoms with E-state index in [4.69, 9.17) is 16.3 Å². The third-order valence-electron chi connectivity index (χ3n) is 2.65. The molecular formula is C13H13ClO2. The fourth-order valence-corrected chi connectivity index (χ4v) is 2.06. The number of rotatable bonds is 3. The summed E-state index contributed by atoms with van der Waals surface area (Å²) in [4.78, 5) is 11.6. The number of benzene rings is 1. The Hall–Kier alpha value is -1.28. The van der Waals surface area contributed by atoms with Crippen LogP contribution in [-0.4, -0.2) is 12.4 Å². The molecule has 1 aromatic carbocycles. The number of halogens is 1. The first-order chi connectivity index (χ1) is 7.58. The maximum absolute atomic E-state index is 11.6. The number of fused-ring (bicyclic) bond motifs is 1. The lowest BCUT2D eigenvalue weighted by Crippen LogP contribution is -2.04. The van der Waals surface area contributed by atoms with Crippen molar-refractivity contribution in [2.45, 2.75) is 19.8 Å². The Morgan fingerprint density at radius 3 is 3.00 bits per heavy atom. The Morgan fingerprint density at radius 1 is 1.56 bits per heavy atom. The van der Waals surface area contributed by atoms with Gasteiger partial charge in [-0.1, -0.05) is 18.2 Å². The zero-order chi connectivity index (χ0) is 11.7. The van der Waals surface area contributed by atoms with Crippen LogP contribution in [0.1, 0.15) is 18.1 Å². The number of allylic oxidation sites excluding steroid dienone is 1. The van der Waals surface area contributed by atoms with Crippen LogP contribution < -0.4 is 4.74 Å². The minimum atomic E-state index is 0.0277. The Morgan fingerprint density at radius 2 is 2.31 bits per heavy atom. The molecular weight excluding hydrogens is 224 g/mol. The molecule has 16 heavy (non-hydrogen) atoms. The zero-order valence-electron chi connectivity index (χ0n) is 9.18. The summed E-state index contributed by atoms with van der Waals surface area (Å²) in [6, 6.07) is 3.70. The summed E-state index contributed by atoms with van der Waals surface area (Å²) >= 11 is 6.00. The second-order valence-corrected chi connectivity index (χ2v) is 4.47. The monoisotopic (exact) mass is 236 g/mol. The van der Waals surface area contributed by atoms with Gasteiger partial charge in [0, 0.05) is 23.4 Å². The third-order valence-corrected chi connectivity index (χ3v) is 2.87. The molecule has 0 aromatic heterocycles. The average molecular weight is 237 g/mol. The number of Topliss-reactive ketones (excluding diaryl/α,β-unsaturated/α-hetero) is 1. The van der Waals surface area contributed by atoms with Crippen LogP contribution in [0.3, 0.4) is 0 Å². The molecule has 1 aliphatic rings. The van der Waals surface area contributed by atoms with Crippen molar-refractivity contribution in [1.29, 1.82) is 0 Å². The maximum Gasteiger partial charge on any atom is 0.162 e. The van der Waals surface area contributed by atoms with Gasteiger partial charge in [0.25, 0.3) is 0 Å². The Kier molecular flexibility index (Phi) is 3.01. The molecule has 0 radical (unpaired) electrons. The van der Waals surface area contributed by atoms with Gasteiger partial charge in [0.15, 0.2) is 5.78 Å². The highest BCUT2D eigenvalue weighted by Gasteiger charge is 2.19. The van der Waals surface area contributed by atoms with Crippen molar-refractivity contribution in [1.82, 2.24) is 0 Å². The van der Waals surface area contributed by atoms with E-state index in [0.717, 1.165) is 23.3 Å². The van der Waals surface area contributed by atoms with Crippen LogP contribution >= 0.6 is 11.6 Å². The lowest BCUT2D eigenvalue weighted by atomic mass is 10.0. The molecule has 0 saturated carbocycles. The predicted octanol–water partition coefficient (Wildman–Crippen LogP) is 2.96. The Balaban J connectivity index is 2.34. The van der Waals surface area contributed by atoms with Gasteiger partial charge in [-0.05, 0) is 30.2 Å². The van der Waals surface area contributed by atoms with Crippen molar-refractivity contribution < 1.29 is 9.53 Å². The smallest absolute Gasteiger partial charge is 0.162 e. The fraction of sp³-hybridized carbons (Fsp3) is 0.308. The van der Waals surface area contributed by atoms with Crippen LogP contribution in [0.25, 0.3) is 0 Å². The van der Waals surface area contributed by atoms with Crippen LogP contribution in [0.5, 0.6) is 5.75 Å². The molecule has 84 valence electrons. The summed E-state index contributed by atoms with van der Waals surface area (Å²) in [5.41, 5.74) is 2.52. The molecule has 1 heterocycles. The minimum Gasteiger partial charge on any atom is -0.493 e. The molecule has 2 rings (SSSR count). The van der Waals surface area contributed by atoms with Gasteiger partial charge < -0.3 is 4.74 Å². The van der Waals surface area contributed by atoms with E-state index in [-0.39, 0.29) is 5.78 Å². The number of carbonyl (C=O) groups is 1. The van der Waals surface area contributed by atoms with Crippen LogP contribution in [0.15, 0.2) is 24.3 Å². The van der Waals surface area contributed by atoms with E-state index >= 15 is 0 Å². The third kappa shape index (κ3) is 2.12. The molecule has 3 heteroatoms. The number of hydrogen-bond acceptors (Lipinski definition) is 2. The topological polar surface area (TPSA) is 26.3 Å². The first-order valence-electron chi connectivity index (χ1n) is 5.20. The van der Waals surface area contributed by atoms with E-state index in [9.17, 15) is 4.79 Å². The first-order valence-corrected chi connectivity index (χ1v) is 5.58. The van der Waals surface area contributed by atoms with E-state index in [1.807, 2.05) is 6.07 Å². The van der Waals surface area contributed by atoms with E-state index in [1.165, 1.54) is 0 Å². The molecule has 0 aliphatic carbocycles. The van der Waals surface area contributed by atoms with Gasteiger partial charge >= 0.3 is 0 Å². The number of carbonyl (C=O) groups excluding carboxylic acids is 1. The molecule has 1 aliphatic heterocycles. The van der Waals surface area contributed by atoms with Crippen LogP contribution in [-0.2, 0) is 17.6 Å². The fourth-order valence-electron chi connectivity index (χ4n) is 1.80. The van der Waals surface area contributed by atoms with Crippen molar-refractivity contribution >= 4 is 17.4 Å². The molecule has 0 fully saturated rings. The van der Waals surface area contributed by atoms with Crippen LogP contribution in [0.4, 0.5) is 0 Å². The molecule has 1 aromatic rings. The SMILES string of the molecule is C=C(C)C(=O)Cc1cc(Cl)cc2c1OCC2. The van der Waals surface area contributed by atoms with Crippen molar-refractivity contribution in [3.63, 3.8) is 0 Å². The Bertz CT molecular complexity index is 463. The number of ketones is 1. The quantitative estimate of drug-likeness (QED) is 0.755. The molecule has 0 amide bonds. The summed E-state index contributed by atoms with van der Waals surface area (Å²) in [6.07, 6.45) is 1.18. The number of hydrogen-bond donors (Lipinski definition) is 0. The molecule has 0 bridgehead atoms. The van der Waals surface area contributed by atoms with Crippen LogP contribution in [0.2, 0.25) is 5.02 Å². The van der Waals surface area contributed by atoms with Gasteiger partial charge in [0.2, 0.25) is 0 Å². The summed E-state index contributed by atoms with van der Waals surface area (Å²) in [7, 11) is 0. The molecule has 0 unspecified atom stereocenters. The molecule has 0 saturated heterocycles. The van der Waals surface area contributed by atoms with E-state index in [2.05, 4.69) is 6.58 Å². The van der Waals surface area contributed by atoms with E-state index in [0.29, 0.717) is 23.6 Å². The number of ether oxygens (including phenoxy) is 1. The van der Waals surface area contributed by atoms with Crippen molar-refractivity contribution in [2.75, 3.05) is 6.61 Å². The van der Waals surface area contributed by atoms with Gasteiger partial charge in [-0.25, -0.2) is 0 Å². The van der Waals surface area contributed by atoms with E-state index < -0.39 is 0 Å². The highest BCUT2D eigenvalue weighted by Crippen LogP contribution is 2.33. The van der Waals surface area contributed by atoms with E-state index in [1.54, 1.807) is 13.0 Å².